The third-order valence-electron chi connectivity index (χ3n) is 9.92. The van der Waals surface area contributed by atoms with Gasteiger partial charge < -0.3 is 0 Å². The lowest BCUT2D eigenvalue weighted by atomic mass is 9.85. The first-order valence-corrected chi connectivity index (χ1v) is 17.1. The van der Waals surface area contributed by atoms with E-state index in [0.717, 1.165) is 21.9 Å². The van der Waals surface area contributed by atoms with Crippen molar-refractivity contribution in [2.45, 2.75) is 0 Å². The van der Waals surface area contributed by atoms with Crippen molar-refractivity contribution in [3.05, 3.63) is 170 Å². The maximum atomic E-state index is 15.9. The molecule has 0 aliphatic rings. The van der Waals surface area contributed by atoms with E-state index < -0.39 is 0 Å². The molecule has 10 rings (SSSR count). The predicted molar refractivity (Wildman–Crippen MR) is 206 cm³/mol. The van der Waals surface area contributed by atoms with E-state index in [4.69, 9.17) is 0 Å². The van der Waals surface area contributed by atoms with Crippen LogP contribution in [0.15, 0.2) is 164 Å². The highest BCUT2D eigenvalue weighted by Crippen LogP contribution is 2.50. The number of rotatable bonds is 3. The molecule has 48 heavy (non-hydrogen) atoms. The monoisotopic (exact) mass is 630 g/mol. The summed E-state index contributed by atoms with van der Waals surface area (Å²) >= 11 is 1.83. The van der Waals surface area contributed by atoms with Crippen LogP contribution in [0.5, 0.6) is 0 Å². The Hall–Kier alpha value is -5.83. The lowest BCUT2D eigenvalue weighted by Crippen LogP contribution is -1.91. The van der Waals surface area contributed by atoms with E-state index in [2.05, 4.69) is 127 Å². The van der Waals surface area contributed by atoms with Gasteiger partial charge in [-0.15, -0.1) is 11.3 Å². The molecule has 0 saturated heterocycles. The Morgan fingerprint density at radius 2 is 0.750 bits per heavy atom. The molecule has 1 aromatic heterocycles. The van der Waals surface area contributed by atoms with Gasteiger partial charge in [0.25, 0.3) is 0 Å². The standard InChI is InChI=1S/C46H27FS/c47-45-35-22-10-8-20-33(35)43(34-21-9-11-23-36(34)45)38-25-12-26-39-44-37(24-13-27-40(44)48-46(38)39)42-31-18-6-4-16-29(31)41(28-14-2-1-3-15-28)30-17-5-7-19-32(30)42/h1-27H. The van der Waals surface area contributed by atoms with Gasteiger partial charge in [0.05, 0.1) is 0 Å². The van der Waals surface area contributed by atoms with Crippen LogP contribution in [0.2, 0.25) is 0 Å². The fourth-order valence-corrected chi connectivity index (χ4v) is 9.20. The van der Waals surface area contributed by atoms with Crippen LogP contribution in [0.4, 0.5) is 4.39 Å². The van der Waals surface area contributed by atoms with Crippen LogP contribution in [0.3, 0.4) is 0 Å². The number of hydrogen-bond donors (Lipinski definition) is 0. The average molecular weight is 631 g/mol. The molecule has 224 valence electrons. The van der Waals surface area contributed by atoms with Crippen molar-refractivity contribution in [2.75, 3.05) is 0 Å². The molecule has 0 saturated carbocycles. The summed E-state index contributed by atoms with van der Waals surface area (Å²) in [6.07, 6.45) is 0. The highest BCUT2D eigenvalue weighted by molar-refractivity contribution is 7.26. The van der Waals surface area contributed by atoms with E-state index in [1.54, 1.807) is 0 Å². The molecule has 0 unspecified atom stereocenters. The van der Waals surface area contributed by atoms with Crippen LogP contribution >= 0.6 is 11.3 Å². The van der Waals surface area contributed by atoms with Crippen LogP contribution in [0.25, 0.3) is 96.6 Å². The predicted octanol–water partition coefficient (Wildman–Crippen LogP) is 13.8. The molecule has 10 aromatic rings. The zero-order valence-corrected chi connectivity index (χ0v) is 26.7. The second-order valence-corrected chi connectivity index (χ2v) is 13.5. The molecule has 0 atom stereocenters. The number of hydrogen-bond acceptors (Lipinski definition) is 1. The first kappa shape index (κ1) is 27.3. The Bertz CT molecular complexity index is 2780. The van der Waals surface area contributed by atoms with Crippen molar-refractivity contribution in [1.29, 1.82) is 0 Å². The molecule has 0 bridgehead atoms. The Kier molecular flexibility index (Phi) is 6.03. The highest BCUT2D eigenvalue weighted by Gasteiger charge is 2.22. The number of thiophene rings is 1. The highest BCUT2D eigenvalue weighted by atomic mass is 32.1. The van der Waals surface area contributed by atoms with Crippen molar-refractivity contribution < 1.29 is 4.39 Å². The molecule has 2 heteroatoms. The lowest BCUT2D eigenvalue weighted by molar-refractivity contribution is 0.651. The molecule has 0 amide bonds. The van der Waals surface area contributed by atoms with Crippen LogP contribution in [0.1, 0.15) is 0 Å². The van der Waals surface area contributed by atoms with Gasteiger partial charge in [0.2, 0.25) is 0 Å². The van der Waals surface area contributed by atoms with E-state index >= 15 is 4.39 Å². The zero-order valence-electron chi connectivity index (χ0n) is 25.9. The normalized spacial score (nSPS) is 11.9. The Morgan fingerprint density at radius 3 is 1.33 bits per heavy atom. The van der Waals surface area contributed by atoms with Gasteiger partial charge in [-0.05, 0) is 66.2 Å². The summed E-state index contributed by atoms with van der Waals surface area (Å²) < 4.78 is 18.3. The average Bonchev–Trinajstić information content (AvgIpc) is 3.54. The molecule has 0 aliphatic heterocycles. The molecule has 0 nitrogen and oxygen atoms in total. The van der Waals surface area contributed by atoms with Crippen molar-refractivity contribution in [3.63, 3.8) is 0 Å². The van der Waals surface area contributed by atoms with Crippen LogP contribution in [-0.4, -0.2) is 0 Å². The second kappa shape index (κ2) is 10.6. The number of fused-ring (bicyclic) bond motifs is 7. The van der Waals surface area contributed by atoms with Gasteiger partial charge in [-0.25, -0.2) is 4.39 Å². The molecule has 0 aliphatic carbocycles. The minimum Gasteiger partial charge on any atom is -0.206 e. The first-order valence-electron chi connectivity index (χ1n) is 16.3. The van der Waals surface area contributed by atoms with Crippen LogP contribution in [0, 0.1) is 5.82 Å². The van der Waals surface area contributed by atoms with Gasteiger partial charge in [-0.3, -0.25) is 0 Å². The van der Waals surface area contributed by atoms with Crippen LogP contribution < -0.4 is 0 Å². The van der Waals surface area contributed by atoms with Gasteiger partial charge >= 0.3 is 0 Å². The Labute approximate surface area is 280 Å². The number of halogens is 1. The maximum Gasteiger partial charge on any atom is 0.138 e. The van der Waals surface area contributed by atoms with Gasteiger partial charge in [0, 0.05) is 36.5 Å². The van der Waals surface area contributed by atoms with Gasteiger partial charge in [0.15, 0.2) is 0 Å². The summed E-state index contributed by atoms with van der Waals surface area (Å²) in [4.78, 5) is 0. The molecule has 0 spiro atoms. The summed E-state index contributed by atoms with van der Waals surface area (Å²) in [6.45, 7) is 0. The SMILES string of the molecule is Fc1c2ccccc2c(-c2cccc3c2sc2cccc(-c4c5ccccc5c(-c5ccccc5)c5ccccc45)c23)c2ccccc12. The first-order chi connectivity index (χ1) is 23.8. The van der Waals surface area contributed by atoms with Gasteiger partial charge in [0.1, 0.15) is 5.82 Å². The van der Waals surface area contributed by atoms with Gasteiger partial charge in [-0.1, -0.05) is 158 Å². The third-order valence-corrected chi connectivity index (χ3v) is 11.1. The molecule has 9 aromatic carbocycles. The lowest BCUT2D eigenvalue weighted by Gasteiger charge is -2.18. The van der Waals surface area contributed by atoms with E-state index in [9.17, 15) is 0 Å². The van der Waals surface area contributed by atoms with Gasteiger partial charge in [-0.2, -0.15) is 0 Å². The van der Waals surface area contributed by atoms with Crippen molar-refractivity contribution in [2.24, 2.45) is 0 Å². The molecule has 0 fully saturated rings. The number of benzene rings is 9. The minimum atomic E-state index is -0.159. The minimum absolute atomic E-state index is 0.159. The third kappa shape index (κ3) is 3.87. The second-order valence-electron chi connectivity index (χ2n) is 12.5. The maximum absolute atomic E-state index is 15.9. The topological polar surface area (TPSA) is 0 Å². The van der Waals surface area contributed by atoms with E-state index in [-0.39, 0.29) is 5.82 Å². The molecular weight excluding hydrogens is 604 g/mol. The summed E-state index contributed by atoms with van der Waals surface area (Å²) in [5, 5.41) is 10.7. The zero-order chi connectivity index (χ0) is 31.8. The van der Waals surface area contributed by atoms with Crippen molar-refractivity contribution >= 4 is 74.6 Å². The van der Waals surface area contributed by atoms with E-state index in [1.165, 1.54) is 64.0 Å². The summed E-state index contributed by atoms with van der Waals surface area (Å²) in [5.41, 5.74) is 7.21. The fourth-order valence-electron chi connectivity index (χ4n) is 7.95. The molecule has 0 N–H and O–H groups in total. The van der Waals surface area contributed by atoms with Crippen LogP contribution in [-0.2, 0) is 0 Å². The molecule has 1 heterocycles. The van der Waals surface area contributed by atoms with Crippen molar-refractivity contribution in [1.82, 2.24) is 0 Å². The summed E-state index contributed by atoms with van der Waals surface area (Å²) in [7, 11) is 0. The Morgan fingerprint density at radius 1 is 0.333 bits per heavy atom. The molecular formula is C46H27FS. The largest absolute Gasteiger partial charge is 0.206 e. The quantitative estimate of drug-likeness (QED) is 0.170. The fraction of sp³-hybridized carbons (Fsp3) is 0. The van der Waals surface area contributed by atoms with Crippen molar-refractivity contribution in [3.8, 4) is 33.4 Å². The summed E-state index contributed by atoms with van der Waals surface area (Å²) in [5.74, 6) is -0.159. The summed E-state index contributed by atoms with van der Waals surface area (Å²) in [6, 6.07) is 57.6. The molecule has 0 radical (unpaired) electrons. The van der Waals surface area contributed by atoms with E-state index in [1.807, 2.05) is 47.7 Å². The Balaban J connectivity index is 1.33. The smallest absolute Gasteiger partial charge is 0.138 e. The van der Waals surface area contributed by atoms with E-state index in [0.29, 0.717) is 10.8 Å².